The van der Waals surface area contributed by atoms with Crippen LogP contribution in [0.1, 0.15) is 36.8 Å². The first-order chi connectivity index (χ1) is 8.62. The number of aliphatic carboxylic acids is 1. The van der Waals surface area contributed by atoms with Crippen LogP contribution in [-0.4, -0.2) is 22.9 Å². The number of thioether (sulfide) groups is 1. The standard InChI is InChI=1S/C14H17NO2S/c1-9-6-7-14(11-5-3-2-4-10(9)11)15-12(8-18-14)13(16)17/h2-5,9,12,15H,6-8H2,1H3,(H,16,17)/t9?,12-,14?/m1/s1. The van der Waals surface area contributed by atoms with Gasteiger partial charge in [0.2, 0.25) is 0 Å². The second kappa shape index (κ2) is 4.28. The van der Waals surface area contributed by atoms with Gasteiger partial charge in [-0.15, -0.1) is 11.8 Å². The van der Waals surface area contributed by atoms with Crippen LogP contribution in [0, 0.1) is 0 Å². The fourth-order valence-electron chi connectivity index (χ4n) is 3.03. The Hall–Kier alpha value is -1.00. The summed E-state index contributed by atoms with van der Waals surface area (Å²) in [6.07, 6.45) is 2.13. The Balaban J connectivity index is 2.00. The van der Waals surface area contributed by atoms with E-state index in [1.54, 1.807) is 11.8 Å². The second-order valence-electron chi connectivity index (χ2n) is 5.20. The van der Waals surface area contributed by atoms with Gasteiger partial charge in [0.05, 0.1) is 4.87 Å². The van der Waals surface area contributed by atoms with E-state index in [4.69, 9.17) is 5.11 Å². The maximum Gasteiger partial charge on any atom is 0.321 e. The fourth-order valence-corrected chi connectivity index (χ4v) is 4.53. The van der Waals surface area contributed by atoms with Crippen LogP contribution in [-0.2, 0) is 9.67 Å². The van der Waals surface area contributed by atoms with Crippen molar-refractivity contribution in [3.63, 3.8) is 0 Å². The number of carboxylic acid groups (broad SMARTS) is 1. The predicted octanol–water partition coefficient (Wildman–Crippen LogP) is 2.53. The highest BCUT2D eigenvalue weighted by Gasteiger charge is 2.46. The van der Waals surface area contributed by atoms with E-state index in [1.807, 2.05) is 0 Å². The molecular formula is C14H17NO2S. The van der Waals surface area contributed by atoms with E-state index in [2.05, 4.69) is 36.5 Å². The molecule has 2 aliphatic rings. The Morgan fingerprint density at radius 1 is 1.50 bits per heavy atom. The minimum Gasteiger partial charge on any atom is -0.480 e. The van der Waals surface area contributed by atoms with Gasteiger partial charge >= 0.3 is 5.97 Å². The summed E-state index contributed by atoms with van der Waals surface area (Å²) in [5.74, 6) is 0.478. The first-order valence-electron chi connectivity index (χ1n) is 6.36. The molecule has 1 spiro atoms. The van der Waals surface area contributed by atoms with Gasteiger partial charge in [0.1, 0.15) is 6.04 Å². The molecule has 0 amide bonds. The molecule has 3 rings (SSSR count). The Morgan fingerprint density at radius 3 is 3.00 bits per heavy atom. The highest BCUT2D eigenvalue weighted by Crippen LogP contribution is 2.50. The van der Waals surface area contributed by atoms with Crippen LogP contribution in [0.25, 0.3) is 0 Å². The zero-order valence-electron chi connectivity index (χ0n) is 10.3. The molecule has 1 heterocycles. The van der Waals surface area contributed by atoms with Crippen LogP contribution in [0.15, 0.2) is 24.3 Å². The predicted molar refractivity (Wildman–Crippen MR) is 72.8 cm³/mol. The molecule has 3 atom stereocenters. The van der Waals surface area contributed by atoms with E-state index in [0.29, 0.717) is 11.7 Å². The number of hydrogen-bond acceptors (Lipinski definition) is 3. The maximum absolute atomic E-state index is 11.1. The van der Waals surface area contributed by atoms with Crippen molar-refractivity contribution >= 4 is 17.7 Å². The van der Waals surface area contributed by atoms with Crippen LogP contribution in [0.3, 0.4) is 0 Å². The molecule has 2 unspecified atom stereocenters. The molecule has 1 aromatic carbocycles. The molecule has 18 heavy (non-hydrogen) atoms. The number of fused-ring (bicyclic) bond motifs is 2. The van der Waals surface area contributed by atoms with Gasteiger partial charge in [0.15, 0.2) is 0 Å². The van der Waals surface area contributed by atoms with Gasteiger partial charge in [-0.3, -0.25) is 10.1 Å². The third-order valence-corrected chi connectivity index (χ3v) is 5.59. The molecule has 4 heteroatoms. The van der Waals surface area contributed by atoms with Crippen LogP contribution in [0.4, 0.5) is 0 Å². The summed E-state index contributed by atoms with van der Waals surface area (Å²) < 4.78 is 0. The molecule has 1 aromatic rings. The zero-order valence-corrected chi connectivity index (χ0v) is 11.2. The van der Waals surface area contributed by atoms with Crippen molar-refractivity contribution in [2.75, 3.05) is 5.75 Å². The van der Waals surface area contributed by atoms with Crippen molar-refractivity contribution < 1.29 is 9.90 Å². The minimum atomic E-state index is -0.740. The lowest BCUT2D eigenvalue weighted by Crippen LogP contribution is -2.45. The summed E-state index contributed by atoms with van der Waals surface area (Å²) in [7, 11) is 0. The van der Waals surface area contributed by atoms with Crippen LogP contribution >= 0.6 is 11.8 Å². The van der Waals surface area contributed by atoms with E-state index < -0.39 is 12.0 Å². The Bertz CT molecular complexity index is 490. The van der Waals surface area contributed by atoms with Crippen LogP contribution in [0.5, 0.6) is 0 Å². The normalized spacial score (nSPS) is 34.5. The maximum atomic E-state index is 11.1. The molecule has 3 nitrogen and oxygen atoms in total. The zero-order chi connectivity index (χ0) is 12.8. The number of nitrogens with one attached hydrogen (secondary N) is 1. The van der Waals surface area contributed by atoms with E-state index in [0.717, 1.165) is 12.8 Å². The summed E-state index contributed by atoms with van der Waals surface area (Å²) >= 11 is 1.75. The van der Waals surface area contributed by atoms with Crippen molar-refractivity contribution in [1.82, 2.24) is 5.32 Å². The molecule has 2 N–H and O–H groups in total. The van der Waals surface area contributed by atoms with Gasteiger partial charge in [-0.1, -0.05) is 31.2 Å². The number of hydrogen-bond donors (Lipinski definition) is 2. The summed E-state index contributed by atoms with van der Waals surface area (Å²) in [5.41, 5.74) is 2.66. The summed E-state index contributed by atoms with van der Waals surface area (Å²) in [6.45, 7) is 2.25. The van der Waals surface area contributed by atoms with Crippen molar-refractivity contribution in [3.05, 3.63) is 35.4 Å². The number of carbonyl (C=O) groups is 1. The highest BCUT2D eigenvalue weighted by molar-refractivity contribution is 8.00. The monoisotopic (exact) mass is 263 g/mol. The molecular weight excluding hydrogens is 246 g/mol. The van der Waals surface area contributed by atoms with Gasteiger partial charge in [0.25, 0.3) is 0 Å². The Labute approximate surface area is 111 Å². The second-order valence-corrected chi connectivity index (χ2v) is 6.52. The molecule has 0 aromatic heterocycles. The molecule has 0 saturated carbocycles. The first kappa shape index (κ1) is 12.1. The lowest BCUT2D eigenvalue weighted by atomic mass is 9.80. The highest BCUT2D eigenvalue weighted by atomic mass is 32.2. The number of carboxylic acids is 1. The molecule has 96 valence electrons. The van der Waals surface area contributed by atoms with Crippen molar-refractivity contribution in [2.45, 2.75) is 36.6 Å². The average molecular weight is 263 g/mol. The molecule has 1 fully saturated rings. The van der Waals surface area contributed by atoms with Crippen LogP contribution in [0.2, 0.25) is 0 Å². The van der Waals surface area contributed by atoms with Crippen LogP contribution < -0.4 is 5.32 Å². The molecule has 0 radical (unpaired) electrons. The van der Waals surface area contributed by atoms with Crippen molar-refractivity contribution in [3.8, 4) is 0 Å². The molecule has 1 aliphatic heterocycles. The van der Waals surface area contributed by atoms with Crippen molar-refractivity contribution in [2.24, 2.45) is 0 Å². The Kier molecular flexibility index (Phi) is 2.87. The third-order valence-electron chi connectivity index (χ3n) is 4.06. The van der Waals surface area contributed by atoms with Gasteiger partial charge in [-0.05, 0) is 29.9 Å². The number of rotatable bonds is 1. The van der Waals surface area contributed by atoms with Gasteiger partial charge in [-0.25, -0.2) is 0 Å². The fraction of sp³-hybridized carbons (Fsp3) is 0.500. The smallest absolute Gasteiger partial charge is 0.321 e. The molecule has 0 bridgehead atoms. The van der Waals surface area contributed by atoms with E-state index in [-0.39, 0.29) is 4.87 Å². The SMILES string of the molecule is CC1CCC2(N[C@@H](C(=O)O)CS2)c2ccccc21. The van der Waals surface area contributed by atoms with E-state index >= 15 is 0 Å². The lowest BCUT2D eigenvalue weighted by Gasteiger charge is -2.38. The topological polar surface area (TPSA) is 49.3 Å². The summed E-state index contributed by atoms with van der Waals surface area (Å²) in [6, 6.07) is 8.03. The van der Waals surface area contributed by atoms with E-state index in [9.17, 15) is 4.79 Å². The largest absolute Gasteiger partial charge is 0.480 e. The minimum absolute atomic E-state index is 0.174. The Morgan fingerprint density at radius 2 is 2.28 bits per heavy atom. The number of benzene rings is 1. The van der Waals surface area contributed by atoms with Gasteiger partial charge < -0.3 is 5.11 Å². The molecule has 1 saturated heterocycles. The first-order valence-corrected chi connectivity index (χ1v) is 7.35. The summed E-state index contributed by atoms with van der Waals surface area (Å²) in [4.78, 5) is 11.0. The third kappa shape index (κ3) is 1.75. The lowest BCUT2D eigenvalue weighted by molar-refractivity contribution is -0.138. The van der Waals surface area contributed by atoms with Gasteiger partial charge in [-0.2, -0.15) is 0 Å². The van der Waals surface area contributed by atoms with Crippen molar-refractivity contribution in [1.29, 1.82) is 0 Å². The molecule has 1 aliphatic carbocycles. The quantitative estimate of drug-likeness (QED) is 0.817. The van der Waals surface area contributed by atoms with Gasteiger partial charge in [0, 0.05) is 5.75 Å². The van der Waals surface area contributed by atoms with E-state index in [1.165, 1.54) is 11.1 Å². The average Bonchev–Trinajstić information content (AvgIpc) is 2.80. The summed E-state index contributed by atoms with van der Waals surface area (Å²) in [5, 5.41) is 12.5.